The van der Waals surface area contributed by atoms with E-state index in [0.29, 0.717) is 17.1 Å². The van der Waals surface area contributed by atoms with Crippen LogP contribution in [-0.4, -0.2) is 15.9 Å². The van der Waals surface area contributed by atoms with Crippen LogP contribution in [0.1, 0.15) is 15.9 Å². The van der Waals surface area contributed by atoms with Gasteiger partial charge in [-0.1, -0.05) is 30.3 Å². The molecule has 5 nitrogen and oxygen atoms in total. The van der Waals surface area contributed by atoms with Crippen LogP contribution in [0.25, 0.3) is 10.9 Å². The molecule has 0 aliphatic carbocycles. The fourth-order valence-corrected chi connectivity index (χ4v) is 2.91. The Bertz CT molecular complexity index is 1120. The van der Waals surface area contributed by atoms with Crippen LogP contribution in [-0.2, 0) is 0 Å². The number of benzene rings is 2. The van der Waals surface area contributed by atoms with E-state index in [1.54, 1.807) is 24.5 Å². The Morgan fingerprint density at radius 1 is 0.889 bits per heavy atom. The molecule has 2 aromatic carbocycles. The zero-order valence-corrected chi connectivity index (χ0v) is 14.8. The second kappa shape index (κ2) is 7.25. The zero-order valence-electron chi connectivity index (χ0n) is 14.8. The number of fused-ring (bicyclic) bond motifs is 1. The smallest absolute Gasteiger partial charge is 0.255 e. The largest absolute Gasteiger partial charge is 0.340 e. The summed E-state index contributed by atoms with van der Waals surface area (Å²) in [6.07, 6.45) is 3.34. The molecule has 0 spiro atoms. The predicted octanol–water partition coefficient (Wildman–Crippen LogP) is 4.93. The minimum Gasteiger partial charge on any atom is -0.340 e. The van der Waals surface area contributed by atoms with Gasteiger partial charge in [0, 0.05) is 29.0 Å². The first-order valence-electron chi connectivity index (χ1n) is 8.64. The third-order valence-corrected chi connectivity index (χ3v) is 4.19. The van der Waals surface area contributed by atoms with Gasteiger partial charge in [-0.25, -0.2) is 4.98 Å². The first kappa shape index (κ1) is 16.7. The van der Waals surface area contributed by atoms with Crippen LogP contribution in [0.4, 0.5) is 17.2 Å². The molecule has 0 radical (unpaired) electrons. The number of para-hydroxylation sites is 1. The van der Waals surface area contributed by atoms with E-state index in [-0.39, 0.29) is 5.91 Å². The van der Waals surface area contributed by atoms with Crippen LogP contribution in [0.2, 0.25) is 0 Å². The molecule has 2 aromatic heterocycles. The number of hydrogen-bond donors (Lipinski definition) is 2. The van der Waals surface area contributed by atoms with Gasteiger partial charge in [0.2, 0.25) is 0 Å². The minimum absolute atomic E-state index is 0.206. The molecule has 4 aromatic rings. The van der Waals surface area contributed by atoms with Gasteiger partial charge >= 0.3 is 0 Å². The standard InChI is InChI=1S/C22H18N4O/c1-15-5-2-8-18(13-15)25-20-14-17(10-12-23-20)22(27)26-19-9-3-6-16-7-4-11-24-21(16)19/h2-14H,1H3,(H,23,25)(H,26,27). The Balaban J connectivity index is 1.57. The lowest BCUT2D eigenvalue weighted by Gasteiger charge is -2.10. The quantitative estimate of drug-likeness (QED) is 0.545. The second-order valence-electron chi connectivity index (χ2n) is 6.26. The van der Waals surface area contributed by atoms with E-state index in [2.05, 4.69) is 20.6 Å². The zero-order chi connectivity index (χ0) is 18.6. The summed E-state index contributed by atoms with van der Waals surface area (Å²) in [6.45, 7) is 2.03. The molecular weight excluding hydrogens is 336 g/mol. The molecule has 0 bridgehead atoms. The van der Waals surface area contributed by atoms with E-state index in [1.165, 1.54) is 0 Å². The Kier molecular flexibility index (Phi) is 4.49. The van der Waals surface area contributed by atoms with E-state index in [9.17, 15) is 4.79 Å². The summed E-state index contributed by atoms with van der Waals surface area (Å²) in [5.41, 5.74) is 4.05. The normalized spacial score (nSPS) is 10.6. The fraction of sp³-hybridized carbons (Fsp3) is 0.0455. The van der Waals surface area contributed by atoms with E-state index >= 15 is 0 Å². The highest BCUT2D eigenvalue weighted by Gasteiger charge is 2.10. The van der Waals surface area contributed by atoms with Gasteiger partial charge in [-0.15, -0.1) is 0 Å². The molecule has 2 heterocycles. The summed E-state index contributed by atoms with van der Waals surface area (Å²) in [6, 6.07) is 21.0. The topological polar surface area (TPSA) is 66.9 Å². The number of carbonyl (C=O) groups excluding carboxylic acids is 1. The average Bonchev–Trinajstić information content (AvgIpc) is 2.68. The maximum Gasteiger partial charge on any atom is 0.255 e. The van der Waals surface area contributed by atoms with Crippen LogP contribution in [0.3, 0.4) is 0 Å². The van der Waals surface area contributed by atoms with Crippen molar-refractivity contribution in [2.45, 2.75) is 6.92 Å². The SMILES string of the molecule is Cc1cccc(Nc2cc(C(=O)Nc3cccc4cccnc34)ccn2)c1. The Morgan fingerprint density at radius 3 is 2.63 bits per heavy atom. The molecule has 0 saturated heterocycles. The van der Waals surface area contributed by atoms with Gasteiger partial charge in [0.1, 0.15) is 5.82 Å². The van der Waals surface area contributed by atoms with E-state index in [4.69, 9.17) is 0 Å². The number of aromatic nitrogens is 2. The van der Waals surface area contributed by atoms with Crippen LogP contribution in [0.5, 0.6) is 0 Å². The Morgan fingerprint density at radius 2 is 1.74 bits per heavy atom. The summed E-state index contributed by atoms with van der Waals surface area (Å²) in [7, 11) is 0. The van der Waals surface area contributed by atoms with Crippen molar-refractivity contribution in [2.24, 2.45) is 0 Å². The maximum atomic E-state index is 12.7. The third kappa shape index (κ3) is 3.77. The van der Waals surface area contributed by atoms with Crippen LogP contribution < -0.4 is 10.6 Å². The molecule has 0 fully saturated rings. The van der Waals surface area contributed by atoms with E-state index in [0.717, 1.165) is 22.2 Å². The molecule has 2 N–H and O–H groups in total. The van der Waals surface area contributed by atoms with Gasteiger partial charge in [0.05, 0.1) is 11.2 Å². The minimum atomic E-state index is -0.206. The maximum absolute atomic E-state index is 12.7. The number of carbonyl (C=O) groups is 1. The van der Waals surface area contributed by atoms with E-state index < -0.39 is 0 Å². The van der Waals surface area contributed by atoms with E-state index in [1.807, 2.05) is 61.5 Å². The van der Waals surface area contributed by atoms with Crippen molar-refractivity contribution in [1.82, 2.24) is 9.97 Å². The molecule has 5 heteroatoms. The molecule has 0 atom stereocenters. The number of nitrogens with one attached hydrogen (secondary N) is 2. The van der Waals surface area contributed by atoms with Crippen molar-refractivity contribution in [2.75, 3.05) is 10.6 Å². The second-order valence-corrected chi connectivity index (χ2v) is 6.26. The average molecular weight is 354 g/mol. The van der Waals surface area contributed by atoms with Crippen molar-refractivity contribution in [3.05, 3.63) is 90.3 Å². The first-order valence-corrected chi connectivity index (χ1v) is 8.64. The monoisotopic (exact) mass is 354 g/mol. The molecule has 4 rings (SSSR count). The number of hydrogen-bond acceptors (Lipinski definition) is 4. The fourth-order valence-electron chi connectivity index (χ4n) is 2.91. The number of aryl methyl sites for hydroxylation is 1. The summed E-state index contributed by atoms with van der Waals surface area (Å²) in [4.78, 5) is 21.4. The van der Waals surface area contributed by atoms with Crippen molar-refractivity contribution < 1.29 is 4.79 Å². The van der Waals surface area contributed by atoms with Crippen LogP contribution in [0, 0.1) is 6.92 Å². The number of nitrogens with zero attached hydrogens (tertiary/aromatic N) is 2. The van der Waals surface area contributed by atoms with Gasteiger partial charge in [-0.05, 0) is 48.9 Å². The van der Waals surface area contributed by atoms with Gasteiger partial charge in [-0.2, -0.15) is 0 Å². The molecule has 0 unspecified atom stereocenters. The lowest BCUT2D eigenvalue weighted by atomic mass is 10.1. The van der Waals surface area contributed by atoms with Gasteiger partial charge in [0.25, 0.3) is 5.91 Å². The third-order valence-electron chi connectivity index (χ3n) is 4.19. The van der Waals surface area contributed by atoms with Crippen molar-refractivity contribution in [3.8, 4) is 0 Å². The Hall–Kier alpha value is -3.73. The van der Waals surface area contributed by atoms with Crippen molar-refractivity contribution >= 4 is 34.0 Å². The Labute approximate surface area is 157 Å². The van der Waals surface area contributed by atoms with Gasteiger partial charge in [-0.3, -0.25) is 9.78 Å². The number of amides is 1. The highest BCUT2D eigenvalue weighted by Crippen LogP contribution is 2.22. The number of rotatable bonds is 4. The lowest BCUT2D eigenvalue weighted by Crippen LogP contribution is -2.13. The van der Waals surface area contributed by atoms with Gasteiger partial charge in [0.15, 0.2) is 0 Å². The van der Waals surface area contributed by atoms with Crippen LogP contribution in [0.15, 0.2) is 79.1 Å². The lowest BCUT2D eigenvalue weighted by molar-refractivity contribution is 0.102. The summed E-state index contributed by atoms with van der Waals surface area (Å²) < 4.78 is 0. The molecule has 132 valence electrons. The van der Waals surface area contributed by atoms with Crippen molar-refractivity contribution in [1.29, 1.82) is 0 Å². The molecular formula is C22H18N4O. The first-order chi connectivity index (χ1) is 13.2. The van der Waals surface area contributed by atoms with Gasteiger partial charge < -0.3 is 10.6 Å². The van der Waals surface area contributed by atoms with Crippen molar-refractivity contribution in [3.63, 3.8) is 0 Å². The number of anilines is 3. The molecule has 0 aliphatic heterocycles. The molecule has 0 saturated carbocycles. The highest BCUT2D eigenvalue weighted by molar-refractivity contribution is 6.08. The molecule has 1 amide bonds. The van der Waals surface area contributed by atoms with Crippen LogP contribution >= 0.6 is 0 Å². The summed E-state index contributed by atoms with van der Waals surface area (Å²) in [5, 5.41) is 7.15. The predicted molar refractivity (Wildman–Crippen MR) is 108 cm³/mol. The summed E-state index contributed by atoms with van der Waals surface area (Å²) in [5.74, 6) is 0.409. The number of pyridine rings is 2. The highest BCUT2D eigenvalue weighted by atomic mass is 16.1. The molecule has 0 aliphatic rings. The molecule has 27 heavy (non-hydrogen) atoms. The summed E-state index contributed by atoms with van der Waals surface area (Å²) >= 11 is 0.